The van der Waals surface area contributed by atoms with Crippen LogP contribution in [-0.2, 0) is 13.0 Å². The SMILES string of the molecule is CCN(CC)C(=O)c1nc(C(=O)Nc2ccc(C)cc2C)c2n1CCCC2. The Kier molecular flexibility index (Phi) is 5.63. The Morgan fingerprint density at radius 1 is 1.19 bits per heavy atom. The van der Waals surface area contributed by atoms with Gasteiger partial charge in [0.05, 0.1) is 5.69 Å². The molecular weight excluding hydrogens is 340 g/mol. The lowest BCUT2D eigenvalue weighted by atomic mass is 10.1. The zero-order valence-electron chi connectivity index (χ0n) is 16.6. The number of carbonyl (C=O) groups is 2. The molecular formula is C21H28N4O2. The molecule has 1 aromatic carbocycles. The normalized spacial score (nSPS) is 13.2. The first-order valence-corrected chi connectivity index (χ1v) is 9.73. The van der Waals surface area contributed by atoms with Crippen molar-refractivity contribution in [2.45, 2.75) is 53.5 Å². The van der Waals surface area contributed by atoms with Gasteiger partial charge in [-0.05, 0) is 58.6 Å². The van der Waals surface area contributed by atoms with Crippen molar-refractivity contribution >= 4 is 17.5 Å². The number of anilines is 1. The monoisotopic (exact) mass is 368 g/mol. The average Bonchev–Trinajstić information content (AvgIpc) is 3.04. The number of rotatable bonds is 5. The summed E-state index contributed by atoms with van der Waals surface area (Å²) in [6.45, 7) is 9.89. The van der Waals surface area contributed by atoms with Crippen molar-refractivity contribution in [2.24, 2.45) is 0 Å². The van der Waals surface area contributed by atoms with Gasteiger partial charge in [-0.3, -0.25) is 9.59 Å². The van der Waals surface area contributed by atoms with Crippen LogP contribution in [0.5, 0.6) is 0 Å². The molecule has 0 saturated carbocycles. The lowest BCUT2D eigenvalue weighted by molar-refractivity contribution is 0.0754. The van der Waals surface area contributed by atoms with Gasteiger partial charge in [-0.15, -0.1) is 0 Å². The van der Waals surface area contributed by atoms with E-state index in [-0.39, 0.29) is 11.8 Å². The number of nitrogens with zero attached hydrogens (tertiary/aromatic N) is 3. The summed E-state index contributed by atoms with van der Waals surface area (Å²) in [5.41, 5.74) is 4.19. The van der Waals surface area contributed by atoms with Gasteiger partial charge in [0.2, 0.25) is 0 Å². The molecule has 0 spiro atoms. The molecule has 0 aliphatic carbocycles. The van der Waals surface area contributed by atoms with Crippen LogP contribution in [0.2, 0.25) is 0 Å². The summed E-state index contributed by atoms with van der Waals surface area (Å²) in [4.78, 5) is 32.1. The molecule has 0 unspecified atom stereocenters. The van der Waals surface area contributed by atoms with E-state index < -0.39 is 0 Å². The number of hydrogen-bond acceptors (Lipinski definition) is 3. The Balaban J connectivity index is 1.95. The minimum Gasteiger partial charge on any atom is -0.337 e. The van der Waals surface area contributed by atoms with E-state index in [0.29, 0.717) is 24.6 Å². The van der Waals surface area contributed by atoms with E-state index >= 15 is 0 Å². The number of imidazole rings is 1. The molecule has 1 aromatic heterocycles. The molecule has 0 bridgehead atoms. The van der Waals surface area contributed by atoms with Crippen molar-refractivity contribution in [1.82, 2.24) is 14.5 Å². The van der Waals surface area contributed by atoms with Crippen molar-refractivity contribution in [1.29, 1.82) is 0 Å². The number of carbonyl (C=O) groups excluding carboxylic acids is 2. The van der Waals surface area contributed by atoms with E-state index in [2.05, 4.69) is 10.3 Å². The Bertz CT molecular complexity index is 865. The fraction of sp³-hybridized carbons (Fsp3) is 0.476. The highest BCUT2D eigenvalue weighted by molar-refractivity contribution is 6.05. The highest BCUT2D eigenvalue weighted by Gasteiger charge is 2.29. The third kappa shape index (κ3) is 3.75. The minimum atomic E-state index is -0.244. The maximum atomic E-state index is 13.0. The summed E-state index contributed by atoms with van der Waals surface area (Å²) < 4.78 is 1.95. The summed E-state index contributed by atoms with van der Waals surface area (Å²) >= 11 is 0. The second kappa shape index (κ2) is 7.94. The molecule has 0 radical (unpaired) electrons. The van der Waals surface area contributed by atoms with Crippen LogP contribution in [0.1, 0.15) is 64.6 Å². The maximum Gasteiger partial charge on any atom is 0.289 e. The molecule has 0 saturated heterocycles. The molecule has 6 heteroatoms. The molecule has 2 heterocycles. The van der Waals surface area contributed by atoms with Crippen LogP contribution in [0.4, 0.5) is 5.69 Å². The molecule has 144 valence electrons. The van der Waals surface area contributed by atoms with Crippen molar-refractivity contribution in [3.8, 4) is 0 Å². The topological polar surface area (TPSA) is 67.2 Å². The largest absolute Gasteiger partial charge is 0.337 e. The average molecular weight is 368 g/mol. The van der Waals surface area contributed by atoms with Gasteiger partial charge >= 0.3 is 0 Å². The van der Waals surface area contributed by atoms with Crippen molar-refractivity contribution in [3.63, 3.8) is 0 Å². The van der Waals surface area contributed by atoms with Crippen LogP contribution in [0.25, 0.3) is 0 Å². The number of hydrogen-bond donors (Lipinski definition) is 1. The Labute approximate surface area is 160 Å². The molecule has 27 heavy (non-hydrogen) atoms. The predicted octanol–water partition coefficient (Wildman–Crippen LogP) is 3.57. The Morgan fingerprint density at radius 3 is 2.59 bits per heavy atom. The number of nitrogens with one attached hydrogen (secondary N) is 1. The van der Waals surface area contributed by atoms with E-state index in [1.807, 2.05) is 50.5 Å². The molecule has 2 aromatic rings. The lowest BCUT2D eigenvalue weighted by Gasteiger charge is -2.21. The first-order chi connectivity index (χ1) is 13.0. The molecule has 0 atom stereocenters. The van der Waals surface area contributed by atoms with E-state index in [0.717, 1.165) is 48.3 Å². The van der Waals surface area contributed by atoms with E-state index in [1.165, 1.54) is 0 Å². The first kappa shape index (κ1) is 19.1. The fourth-order valence-corrected chi connectivity index (χ4v) is 3.68. The molecule has 2 amide bonds. The molecule has 1 aliphatic heterocycles. The van der Waals surface area contributed by atoms with Crippen LogP contribution in [0.3, 0.4) is 0 Å². The smallest absolute Gasteiger partial charge is 0.289 e. The summed E-state index contributed by atoms with van der Waals surface area (Å²) in [5, 5.41) is 2.97. The molecule has 1 N–H and O–H groups in total. The molecule has 1 aliphatic rings. The van der Waals surface area contributed by atoms with Crippen molar-refractivity contribution < 1.29 is 9.59 Å². The van der Waals surface area contributed by atoms with Gasteiger partial charge in [0, 0.05) is 25.3 Å². The highest BCUT2D eigenvalue weighted by atomic mass is 16.2. The number of fused-ring (bicyclic) bond motifs is 1. The van der Waals surface area contributed by atoms with Gasteiger partial charge in [0.1, 0.15) is 0 Å². The van der Waals surface area contributed by atoms with Gasteiger partial charge < -0.3 is 14.8 Å². The summed E-state index contributed by atoms with van der Waals surface area (Å²) in [6, 6.07) is 5.92. The van der Waals surface area contributed by atoms with Crippen LogP contribution >= 0.6 is 0 Å². The number of aryl methyl sites for hydroxylation is 2. The van der Waals surface area contributed by atoms with E-state index in [9.17, 15) is 9.59 Å². The molecule has 0 fully saturated rings. The fourth-order valence-electron chi connectivity index (χ4n) is 3.68. The third-order valence-electron chi connectivity index (χ3n) is 5.20. The second-order valence-electron chi connectivity index (χ2n) is 7.09. The van der Waals surface area contributed by atoms with Gasteiger partial charge in [-0.25, -0.2) is 4.98 Å². The standard InChI is InChI=1S/C21H28N4O2/c1-5-24(6-2)21(27)19-23-18(17-9-7-8-12-25(17)19)20(26)22-16-11-10-14(3)13-15(16)4/h10-11,13H,5-9,12H2,1-4H3,(H,22,26). The highest BCUT2D eigenvalue weighted by Crippen LogP contribution is 2.24. The summed E-state index contributed by atoms with van der Waals surface area (Å²) in [6.07, 6.45) is 2.78. The zero-order valence-corrected chi connectivity index (χ0v) is 16.6. The van der Waals surface area contributed by atoms with Gasteiger partial charge in [-0.1, -0.05) is 17.7 Å². The van der Waals surface area contributed by atoms with Gasteiger partial charge in [-0.2, -0.15) is 0 Å². The number of amides is 2. The summed E-state index contributed by atoms with van der Waals surface area (Å²) in [5.74, 6) is 0.0408. The van der Waals surface area contributed by atoms with E-state index in [4.69, 9.17) is 0 Å². The van der Waals surface area contributed by atoms with E-state index in [1.54, 1.807) is 4.90 Å². The number of benzene rings is 1. The van der Waals surface area contributed by atoms with Crippen molar-refractivity contribution in [3.05, 3.63) is 46.5 Å². The minimum absolute atomic E-state index is 0.103. The number of aromatic nitrogens is 2. The van der Waals surface area contributed by atoms with Gasteiger partial charge in [0.15, 0.2) is 11.5 Å². The van der Waals surface area contributed by atoms with Crippen LogP contribution in [-0.4, -0.2) is 39.4 Å². The van der Waals surface area contributed by atoms with Crippen LogP contribution in [0.15, 0.2) is 18.2 Å². The van der Waals surface area contributed by atoms with Crippen molar-refractivity contribution in [2.75, 3.05) is 18.4 Å². The van der Waals surface area contributed by atoms with Crippen LogP contribution < -0.4 is 5.32 Å². The predicted molar refractivity (Wildman–Crippen MR) is 106 cm³/mol. The summed E-state index contributed by atoms with van der Waals surface area (Å²) in [7, 11) is 0. The van der Waals surface area contributed by atoms with Crippen LogP contribution in [0, 0.1) is 13.8 Å². The quantitative estimate of drug-likeness (QED) is 0.877. The zero-order chi connectivity index (χ0) is 19.6. The Hall–Kier alpha value is -2.63. The molecule has 3 rings (SSSR count). The maximum absolute atomic E-state index is 13.0. The van der Waals surface area contributed by atoms with Gasteiger partial charge in [0.25, 0.3) is 11.8 Å². The molecule has 6 nitrogen and oxygen atoms in total. The third-order valence-corrected chi connectivity index (χ3v) is 5.20. The first-order valence-electron chi connectivity index (χ1n) is 9.73. The Morgan fingerprint density at radius 2 is 1.93 bits per heavy atom. The second-order valence-corrected chi connectivity index (χ2v) is 7.09. The lowest BCUT2D eigenvalue weighted by Crippen LogP contribution is -2.33.